The highest BCUT2D eigenvalue weighted by molar-refractivity contribution is 5.68. The van der Waals surface area contributed by atoms with E-state index in [-0.39, 0.29) is 12.0 Å². The molecule has 2 aromatic rings. The molecule has 0 fully saturated rings. The van der Waals surface area contributed by atoms with Crippen LogP contribution in [0.3, 0.4) is 0 Å². The van der Waals surface area contributed by atoms with Crippen LogP contribution in [0.5, 0.6) is 0 Å². The van der Waals surface area contributed by atoms with Crippen molar-refractivity contribution in [2.75, 3.05) is 0 Å². The van der Waals surface area contributed by atoms with Gasteiger partial charge in [0.15, 0.2) is 5.83 Å². The Morgan fingerprint density at radius 2 is 1.50 bits per heavy atom. The van der Waals surface area contributed by atoms with Crippen molar-refractivity contribution in [3.05, 3.63) is 65.5 Å². The molecule has 0 aromatic heterocycles. The van der Waals surface area contributed by atoms with E-state index < -0.39 is 11.7 Å². The summed E-state index contributed by atoms with van der Waals surface area (Å²) in [6.45, 7) is 1.94. The second-order valence-electron chi connectivity index (χ2n) is 5.09. The van der Waals surface area contributed by atoms with Crippen LogP contribution in [0.25, 0.3) is 17.0 Å². The second kappa shape index (κ2) is 7.51. The van der Waals surface area contributed by atoms with Gasteiger partial charge in [-0.15, -0.1) is 0 Å². The van der Waals surface area contributed by atoms with Crippen LogP contribution >= 0.6 is 0 Å². The van der Waals surface area contributed by atoms with Crippen molar-refractivity contribution in [3.63, 3.8) is 0 Å². The summed E-state index contributed by atoms with van der Waals surface area (Å²) in [7, 11) is 0. The van der Waals surface area contributed by atoms with E-state index in [1.807, 2.05) is 19.1 Å². The number of nitriles is 1. The average molecular weight is 297 g/mol. The zero-order chi connectivity index (χ0) is 15.9. The van der Waals surface area contributed by atoms with Gasteiger partial charge in [-0.1, -0.05) is 49.7 Å². The molecule has 3 heteroatoms. The van der Waals surface area contributed by atoms with Crippen LogP contribution < -0.4 is 0 Å². The summed E-state index contributed by atoms with van der Waals surface area (Å²) in [4.78, 5) is 0. The molecule has 0 aliphatic heterocycles. The van der Waals surface area contributed by atoms with Gasteiger partial charge in [-0.25, -0.2) is 8.78 Å². The zero-order valence-corrected chi connectivity index (χ0v) is 12.4. The lowest BCUT2D eigenvalue weighted by Gasteiger charge is -2.05. The van der Waals surface area contributed by atoms with Gasteiger partial charge >= 0.3 is 0 Å². The summed E-state index contributed by atoms with van der Waals surface area (Å²) in [5.74, 6) is -1.46. The molecule has 0 aliphatic rings. The number of allylic oxidation sites excluding steroid dienone is 1. The molecule has 0 saturated carbocycles. The summed E-state index contributed by atoms with van der Waals surface area (Å²) in [5, 5.41) is 8.78. The molecule has 2 aromatic carbocycles. The molecule has 112 valence electrons. The number of hydrogen-bond donors (Lipinski definition) is 0. The van der Waals surface area contributed by atoms with Gasteiger partial charge in [-0.05, 0) is 29.7 Å². The molecule has 22 heavy (non-hydrogen) atoms. The third-order valence-corrected chi connectivity index (χ3v) is 3.47. The van der Waals surface area contributed by atoms with Crippen LogP contribution in [0.1, 0.15) is 37.3 Å². The minimum atomic E-state index is -0.778. The standard InChI is InChI=1S/C19H17F2N/c1-2-3-4-18(20)19(21)17-11-9-16(10-12-17)15-7-5-14(13-22)6-8-15/h5-12H,2-4H2,1H3. The first-order chi connectivity index (χ1) is 10.7. The first-order valence-corrected chi connectivity index (χ1v) is 7.30. The van der Waals surface area contributed by atoms with Crippen LogP contribution in [0.4, 0.5) is 8.78 Å². The van der Waals surface area contributed by atoms with E-state index in [4.69, 9.17) is 5.26 Å². The fourth-order valence-corrected chi connectivity index (χ4v) is 2.14. The largest absolute Gasteiger partial charge is 0.209 e. The van der Waals surface area contributed by atoms with Crippen molar-refractivity contribution >= 4 is 5.83 Å². The highest BCUT2D eigenvalue weighted by atomic mass is 19.2. The van der Waals surface area contributed by atoms with E-state index in [1.165, 1.54) is 0 Å². The van der Waals surface area contributed by atoms with Gasteiger partial charge in [-0.3, -0.25) is 0 Å². The first-order valence-electron chi connectivity index (χ1n) is 7.30. The zero-order valence-electron chi connectivity index (χ0n) is 12.4. The molecule has 0 atom stereocenters. The van der Waals surface area contributed by atoms with Crippen molar-refractivity contribution in [2.45, 2.75) is 26.2 Å². The minimum absolute atomic E-state index is 0.139. The van der Waals surface area contributed by atoms with Crippen molar-refractivity contribution < 1.29 is 8.78 Å². The van der Waals surface area contributed by atoms with E-state index in [9.17, 15) is 8.78 Å². The molecule has 0 N–H and O–H groups in total. The van der Waals surface area contributed by atoms with E-state index >= 15 is 0 Å². The molecular weight excluding hydrogens is 280 g/mol. The van der Waals surface area contributed by atoms with Crippen molar-refractivity contribution in [2.24, 2.45) is 0 Å². The SMILES string of the molecule is CCCCC(F)=C(F)c1ccc(-c2ccc(C#N)cc2)cc1. The van der Waals surface area contributed by atoms with Crippen molar-refractivity contribution in [1.82, 2.24) is 0 Å². The molecule has 2 rings (SSSR count). The summed E-state index contributed by atoms with van der Waals surface area (Å²) in [6.07, 6.45) is 1.61. The molecule has 0 spiro atoms. The van der Waals surface area contributed by atoms with Gasteiger partial charge < -0.3 is 0 Å². The van der Waals surface area contributed by atoms with E-state index in [0.717, 1.165) is 17.5 Å². The van der Waals surface area contributed by atoms with Crippen LogP contribution in [-0.4, -0.2) is 0 Å². The molecule has 0 aliphatic carbocycles. The fourth-order valence-electron chi connectivity index (χ4n) is 2.14. The first kappa shape index (κ1) is 15.9. The lowest BCUT2D eigenvalue weighted by atomic mass is 10.0. The summed E-state index contributed by atoms with van der Waals surface area (Å²) in [6, 6.07) is 15.9. The third kappa shape index (κ3) is 3.79. The number of nitrogens with zero attached hydrogens (tertiary/aromatic N) is 1. The highest BCUT2D eigenvalue weighted by Gasteiger charge is 2.09. The highest BCUT2D eigenvalue weighted by Crippen LogP contribution is 2.27. The Labute approximate surface area is 129 Å². The third-order valence-electron chi connectivity index (χ3n) is 3.47. The number of hydrogen-bond acceptors (Lipinski definition) is 1. The van der Waals surface area contributed by atoms with Gasteiger partial charge in [0.2, 0.25) is 0 Å². The monoisotopic (exact) mass is 297 g/mol. The predicted octanol–water partition coefficient (Wildman–Crippen LogP) is 6.02. The van der Waals surface area contributed by atoms with Gasteiger partial charge in [0.25, 0.3) is 0 Å². The Morgan fingerprint density at radius 1 is 0.955 bits per heavy atom. The molecule has 0 heterocycles. The van der Waals surface area contributed by atoms with Crippen molar-refractivity contribution in [3.8, 4) is 17.2 Å². The Morgan fingerprint density at radius 3 is 2.00 bits per heavy atom. The maximum absolute atomic E-state index is 14.0. The van der Waals surface area contributed by atoms with E-state index in [0.29, 0.717) is 12.0 Å². The molecule has 0 radical (unpaired) electrons. The lowest BCUT2D eigenvalue weighted by Crippen LogP contribution is -1.85. The average Bonchev–Trinajstić information content (AvgIpc) is 2.59. The number of halogens is 2. The Hall–Kier alpha value is -2.47. The minimum Gasteiger partial charge on any atom is -0.209 e. The van der Waals surface area contributed by atoms with Crippen molar-refractivity contribution in [1.29, 1.82) is 5.26 Å². The van der Waals surface area contributed by atoms with Crippen LogP contribution in [0.15, 0.2) is 54.4 Å². The molecule has 0 unspecified atom stereocenters. The molecular formula is C19H17F2N. The Balaban J connectivity index is 2.21. The number of rotatable bonds is 5. The summed E-state index contributed by atoms with van der Waals surface area (Å²) < 4.78 is 27.6. The summed E-state index contributed by atoms with van der Waals surface area (Å²) in [5.41, 5.74) is 2.68. The molecule has 0 saturated heterocycles. The van der Waals surface area contributed by atoms with Gasteiger partial charge in [-0.2, -0.15) is 5.26 Å². The second-order valence-corrected chi connectivity index (χ2v) is 5.09. The van der Waals surface area contributed by atoms with Crippen LogP contribution in [0.2, 0.25) is 0 Å². The Kier molecular flexibility index (Phi) is 5.43. The number of benzene rings is 2. The molecule has 0 bridgehead atoms. The smallest absolute Gasteiger partial charge is 0.161 e. The van der Waals surface area contributed by atoms with Crippen LogP contribution in [-0.2, 0) is 0 Å². The number of unbranched alkanes of at least 4 members (excludes halogenated alkanes) is 1. The normalized spacial score (nSPS) is 11.7. The maximum Gasteiger partial charge on any atom is 0.161 e. The quantitative estimate of drug-likeness (QED) is 0.661. The fraction of sp³-hybridized carbons (Fsp3) is 0.211. The molecule has 1 nitrogen and oxygen atoms in total. The summed E-state index contributed by atoms with van der Waals surface area (Å²) >= 11 is 0. The van der Waals surface area contributed by atoms with Gasteiger partial charge in [0.05, 0.1) is 11.6 Å². The van der Waals surface area contributed by atoms with E-state index in [2.05, 4.69) is 6.07 Å². The molecule has 0 amide bonds. The topological polar surface area (TPSA) is 23.8 Å². The Bertz CT molecular complexity index is 692. The van der Waals surface area contributed by atoms with Gasteiger partial charge in [0, 0.05) is 12.0 Å². The predicted molar refractivity (Wildman–Crippen MR) is 85.3 cm³/mol. The van der Waals surface area contributed by atoms with E-state index in [1.54, 1.807) is 36.4 Å². The maximum atomic E-state index is 14.0. The van der Waals surface area contributed by atoms with Gasteiger partial charge in [0.1, 0.15) is 5.83 Å². The van der Waals surface area contributed by atoms with Crippen LogP contribution in [0, 0.1) is 11.3 Å². The lowest BCUT2D eigenvalue weighted by molar-refractivity contribution is 0.548.